The van der Waals surface area contributed by atoms with Crippen LogP contribution in [0.15, 0.2) is 0 Å². The van der Waals surface area contributed by atoms with E-state index in [4.69, 9.17) is 4.98 Å². The van der Waals surface area contributed by atoms with E-state index in [2.05, 4.69) is 44.8 Å². The van der Waals surface area contributed by atoms with Crippen LogP contribution in [0.4, 0.5) is 0 Å². The number of nitrogens with one attached hydrogen (secondary N) is 1. The molecule has 0 spiro atoms. The van der Waals surface area contributed by atoms with Crippen LogP contribution in [0.25, 0.3) is 0 Å². The Hall–Kier alpha value is -0.450. The van der Waals surface area contributed by atoms with Gasteiger partial charge in [-0.05, 0) is 33.6 Å². The zero-order valence-corrected chi connectivity index (χ0v) is 14.4. The van der Waals surface area contributed by atoms with Crippen LogP contribution in [0.2, 0.25) is 0 Å². The first-order chi connectivity index (χ1) is 9.48. The van der Waals surface area contributed by atoms with Crippen molar-refractivity contribution >= 4 is 11.3 Å². The molecule has 1 saturated heterocycles. The summed E-state index contributed by atoms with van der Waals surface area (Å²) in [6.45, 7) is 14.5. The fraction of sp³-hybridized carbons (Fsp3) is 0.812. The van der Waals surface area contributed by atoms with E-state index in [0.29, 0.717) is 6.04 Å². The molecule has 114 valence electrons. The van der Waals surface area contributed by atoms with E-state index in [1.807, 2.05) is 11.3 Å². The van der Waals surface area contributed by atoms with Gasteiger partial charge in [-0.2, -0.15) is 0 Å². The second-order valence-corrected chi connectivity index (χ2v) is 7.63. The quantitative estimate of drug-likeness (QED) is 0.901. The van der Waals surface area contributed by atoms with Gasteiger partial charge in [-0.3, -0.25) is 4.90 Å². The largest absolute Gasteiger partial charge is 0.311 e. The van der Waals surface area contributed by atoms with Gasteiger partial charge >= 0.3 is 0 Å². The Kier molecular flexibility index (Phi) is 5.21. The fourth-order valence-electron chi connectivity index (χ4n) is 2.94. The van der Waals surface area contributed by atoms with Crippen LogP contribution in [0.1, 0.15) is 55.6 Å². The molecule has 1 fully saturated rings. The van der Waals surface area contributed by atoms with E-state index in [9.17, 15) is 0 Å². The Morgan fingerprint density at radius 1 is 1.40 bits per heavy atom. The summed E-state index contributed by atoms with van der Waals surface area (Å²) in [6.07, 6.45) is 3.71. The molecule has 1 aliphatic rings. The van der Waals surface area contributed by atoms with Gasteiger partial charge in [0.15, 0.2) is 0 Å². The molecule has 4 heteroatoms. The van der Waals surface area contributed by atoms with Crippen molar-refractivity contribution in [3.8, 4) is 0 Å². The van der Waals surface area contributed by atoms with E-state index >= 15 is 0 Å². The lowest BCUT2D eigenvalue weighted by Gasteiger charge is -2.47. The Morgan fingerprint density at radius 3 is 2.70 bits per heavy atom. The Morgan fingerprint density at radius 2 is 2.15 bits per heavy atom. The first-order valence-electron chi connectivity index (χ1n) is 7.90. The van der Waals surface area contributed by atoms with Crippen molar-refractivity contribution in [3.05, 3.63) is 15.6 Å². The van der Waals surface area contributed by atoms with Gasteiger partial charge in [0.25, 0.3) is 0 Å². The zero-order valence-electron chi connectivity index (χ0n) is 13.6. The van der Waals surface area contributed by atoms with Gasteiger partial charge in [0.2, 0.25) is 0 Å². The van der Waals surface area contributed by atoms with Gasteiger partial charge in [-0.15, -0.1) is 11.3 Å². The lowest BCUT2D eigenvalue weighted by molar-refractivity contribution is 0.0396. The van der Waals surface area contributed by atoms with Crippen LogP contribution in [-0.2, 0) is 6.54 Å². The number of nitrogens with zero attached hydrogens (tertiary/aromatic N) is 2. The first-order valence-corrected chi connectivity index (χ1v) is 8.71. The second kappa shape index (κ2) is 6.54. The zero-order chi connectivity index (χ0) is 14.8. The summed E-state index contributed by atoms with van der Waals surface area (Å²) < 4.78 is 0. The molecule has 20 heavy (non-hydrogen) atoms. The number of rotatable bonds is 5. The average Bonchev–Trinajstić information content (AvgIpc) is 2.73. The third-order valence-corrected chi connectivity index (χ3v) is 5.83. The molecule has 0 amide bonds. The second-order valence-electron chi connectivity index (χ2n) is 6.35. The fourth-order valence-corrected chi connectivity index (χ4v) is 3.89. The highest BCUT2D eigenvalue weighted by Gasteiger charge is 2.36. The maximum absolute atomic E-state index is 4.73. The van der Waals surface area contributed by atoms with Crippen molar-refractivity contribution in [1.82, 2.24) is 15.2 Å². The summed E-state index contributed by atoms with van der Waals surface area (Å²) in [4.78, 5) is 8.75. The minimum absolute atomic E-state index is 0.262. The van der Waals surface area contributed by atoms with E-state index in [0.717, 1.165) is 19.6 Å². The van der Waals surface area contributed by atoms with Crippen molar-refractivity contribution in [2.75, 3.05) is 13.1 Å². The maximum atomic E-state index is 4.73. The summed E-state index contributed by atoms with van der Waals surface area (Å²) in [6, 6.07) is 0.641. The highest BCUT2D eigenvalue weighted by atomic mass is 32.1. The maximum Gasteiger partial charge on any atom is 0.107 e. The van der Waals surface area contributed by atoms with Crippen molar-refractivity contribution in [1.29, 1.82) is 0 Å². The van der Waals surface area contributed by atoms with Crippen molar-refractivity contribution < 1.29 is 0 Å². The van der Waals surface area contributed by atoms with Crippen molar-refractivity contribution in [2.45, 2.75) is 72.0 Å². The molecular formula is C16H29N3S. The molecular weight excluding hydrogens is 266 g/mol. The Labute approximate surface area is 127 Å². The molecule has 1 aromatic heterocycles. The molecule has 1 aliphatic heterocycles. The molecule has 3 nitrogen and oxygen atoms in total. The van der Waals surface area contributed by atoms with Crippen LogP contribution in [0.3, 0.4) is 0 Å². The van der Waals surface area contributed by atoms with Gasteiger partial charge in [0.05, 0.1) is 12.2 Å². The molecule has 0 saturated carbocycles. The minimum Gasteiger partial charge on any atom is -0.311 e. The summed E-state index contributed by atoms with van der Waals surface area (Å²) in [7, 11) is 0. The molecule has 0 bridgehead atoms. The van der Waals surface area contributed by atoms with Crippen molar-refractivity contribution in [2.24, 2.45) is 0 Å². The minimum atomic E-state index is 0.262. The topological polar surface area (TPSA) is 28.2 Å². The molecule has 2 unspecified atom stereocenters. The van der Waals surface area contributed by atoms with Gasteiger partial charge < -0.3 is 5.32 Å². The monoisotopic (exact) mass is 295 g/mol. The Bertz CT molecular complexity index is 423. The molecule has 2 rings (SSSR count). The lowest BCUT2D eigenvalue weighted by Crippen LogP contribution is -2.62. The molecule has 0 radical (unpaired) electrons. The number of piperazine rings is 1. The number of hydrogen-bond acceptors (Lipinski definition) is 4. The SMILES string of the molecule is CCCC1CN(Cc2nc(C)c(C)s2)C(C)(CC)CN1. The van der Waals surface area contributed by atoms with Crippen molar-refractivity contribution in [3.63, 3.8) is 0 Å². The number of aryl methyl sites for hydroxylation is 2. The van der Waals surface area contributed by atoms with Gasteiger partial charge in [0.1, 0.15) is 5.01 Å². The normalized spacial score (nSPS) is 27.9. The van der Waals surface area contributed by atoms with Crippen LogP contribution in [0, 0.1) is 13.8 Å². The van der Waals surface area contributed by atoms with E-state index < -0.39 is 0 Å². The first kappa shape index (κ1) is 15.9. The predicted molar refractivity (Wildman–Crippen MR) is 87.4 cm³/mol. The summed E-state index contributed by atoms with van der Waals surface area (Å²) >= 11 is 1.86. The summed E-state index contributed by atoms with van der Waals surface area (Å²) in [5.41, 5.74) is 1.46. The average molecular weight is 295 g/mol. The van der Waals surface area contributed by atoms with Crippen LogP contribution in [0.5, 0.6) is 0 Å². The van der Waals surface area contributed by atoms with E-state index in [-0.39, 0.29) is 5.54 Å². The summed E-state index contributed by atoms with van der Waals surface area (Å²) in [5.74, 6) is 0. The summed E-state index contributed by atoms with van der Waals surface area (Å²) in [5, 5.41) is 5.01. The van der Waals surface area contributed by atoms with Crippen LogP contribution in [-0.4, -0.2) is 34.6 Å². The van der Waals surface area contributed by atoms with E-state index in [1.165, 1.54) is 34.8 Å². The highest BCUT2D eigenvalue weighted by Crippen LogP contribution is 2.28. The van der Waals surface area contributed by atoms with Gasteiger partial charge in [-0.1, -0.05) is 20.3 Å². The van der Waals surface area contributed by atoms with Gasteiger partial charge in [-0.25, -0.2) is 4.98 Å². The number of hydrogen-bond donors (Lipinski definition) is 1. The van der Waals surface area contributed by atoms with Crippen LogP contribution >= 0.6 is 11.3 Å². The molecule has 1 N–H and O–H groups in total. The smallest absolute Gasteiger partial charge is 0.107 e. The predicted octanol–water partition coefficient (Wildman–Crippen LogP) is 3.50. The molecule has 0 aromatic carbocycles. The molecule has 2 heterocycles. The third kappa shape index (κ3) is 3.41. The highest BCUT2D eigenvalue weighted by molar-refractivity contribution is 7.11. The van der Waals surface area contributed by atoms with Crippen LogP contribution < -0.4 is 5.32 Å². The van der Waals surface area contributed by atoms with Gasteiger partial charge in [0, 0.05) is 29.5 Å². The Balaban J connectivity index is 2.11. The third-order valence-electron chi connectivity index (χ3n) is 4.77. The van der Waals surface area contributed by atoms with E-state index in [1.54, 1.807) is 0 Å². The molecule has 2 atom stereocenters. The molecule has 1 aromatic rings. The number of aromatic nitrogens is 1. The standard InChI is InChI=1S/C16H29N3S/c1-6-8-14-9-19(16(5,7-2)11-17-14)10-15-18-12(3)13(4)20-15/h14,17H,6-11H2,1-5H3. The lowest BCUT2D eigenvalue weighted by atomic mass is 9.91. The molecule has 0 aliphatic carbocycles. The number of thiazole rings is 1.